The van der Waals surface area contributed by atoms with Crippen LogP contribution in [-0.2, 0) is 0 Å². The molecule has 4 heteroatoms. The van der Waals surface area contributed by atoms with Crippen molar-refractivity contribution in [2.45, 2.75) is 115 Å². The molecule has 0 aromatic carbocycles. The smallest absolute Gasteiger partial charge is 0.00388 e. The van der Waals surface area contributed by atoms with Gasteiger partial charge in [0.2, 0.25) is 0 Å². The molecule has 0 fully saturated rings. The third-order valence-corrected chi connectivity index (χ3v) is 4.96. The minimum absolute atomic E-state index is 0.402. The van der Waals surface area contributed by atoms with Crippen LogP contribution in [0.4, 0.5) is 0 Å². The largest absolute Gasteiger partial charge is 0.330 e. The highest BCUT2D eigenvalue weighted by atomic mass is 14.6. The summed E-state index contributed by atoms with van der Waals surface area (Å²) in [7, 11) is 0. The van der Waals surface area contributed by atoms with Crippen LogP contribution < -0.4 is 22.9 Å². The van der Waals surface area contributed by atoms with Gasteiger partial charge in [0.15, 0.2) is 0 Å². The molecule has 0 aliphatic rings. The molecule has 0 aliphatic carbocycles. The van der Waals surface area contributed by atoms with Crippen LogP contribution in [0.2, 0.25) is 0 Å². The summed E-state index contributed by atoms with van der Waals surface area (Å²) < 4.78 is 0. The standard InChI is InChI=1S/C20H46N4/c21-17-11-5-3-9-15-19(23)13-7-1-2-8-14-20(24)16-10-4-6-12-18-22/h19-20H,1-18,21-24H2. The molecular formula is C20H46N4. The summed E-state index contributed by atoms with van der Waals surface area (Å²) in [5.41, 5.74) is 23.4. The molecule has 0 amide bonds. The maximum absolute atomic E-state index is 6.19. The minimum atomic E-state index is 0.402. The molecule has 0 bridgehead atoms. The predicted octanol–water partition coefficient (Wildman–Crippen LogP) is 3.80. The fraction of sp³-hybridized carbons (Fsp3) is 1.00. The molecule has 0 heterocycles. The van der Waals surface area contributed by atoms with E-state index in [9.17, 15) is 0 Å². The molecule has 4 nitrogen and oxygen atoms in total. The van der Waals surface area contributed by atoms with Crippen molar-refractivity contribution in [3.8, 4) is 0 Å². The fourth-order valence-electron chi connectivity index (χ4n) is 3.26. The molecule has 24 heavy (non-hydrogen) atoms. The second kappa shape index (κ2) is 19.2. The maximum atomic E-state index is 6.19. The molecule has 0 saturated heterocycles. The van der Waals surface area contributed by atoms with Crippen LogP contribution in [0.25, 0.3) is 0 Å². The van der Waals surface area contributed by atoms with E-state index in [0.29, 0.717) is 12.1 Å². The summed E-state index contributed by atoms with van der Waals surface area (Å²) in [6, 6.07) is 0.803. The first-order valence-electron chi connectivity index (χ1n) is 10.6. The zero-order chi connectivity index (χ0) is 17.9. The van der Waals surface area contributed by atoms with E-state index in [0.717, 1.165) is 25.9 Å². The Kier molecular flexibility index (Phi) is 19.0. The van der Waals surface area contributed by atoms with E-state index >= 15 is 0 Å². The SMILES string of the molecule is NCCCCCCC(N)CCCCCCC(N)CCCCCCN. The van der Waals surface area contributed by atoms with Crippen molar-refractivity contribution >= 4 is 0 Å². The zero-order valence-electron chi connectivity index (χ0n) is 16.2. The maximum Gasteiger partial charge on any atom is 0.00388 e. The Morgan fingerprint density at radius 1 is 0.375 bits per heavy atom. The van der Waals surface area contributed by atoms with Crippen molar-refractivity contribution in [3.63, 3.8) is 0 Å². The van der Waals surface area contributed by atoms with Crippen molar-refractivity contribution in [2.24, 2.45) is 22.9 Å². The topological polar surface area (TPSA) is 104 Å². The zero-order valence-corrected chi connectivity index (χ0v) is 16.2. The normalized spacial score (nSPS) is 14.0. The van der Waals surface area contributed by atoms with Gasteiger partial charge in [0.1, 0.15) is 0 Å². The van der Waals surface area contributed by atoms with Crippen LogP contribution in [-0.4, -0.2) is 25.2 Å². The van der Waals surface area contributed by atoms with Crippen molar-refractivity contribution in [1.29, 1.82) is 0 Å². The summed E-state index contributed by atoms with van der Waals surface area (Å²) >= 11 is 0. The highest BCUT2D eigenvalue weighted by molar-refractivity contribution is 4.64. The average molecular weight is 343 g/mol. The van der Waals surface area contributed by atoms with E-state index in [-0.39, 0.29) is 0 Å². The Bertz CT molecular complexity index is 212. The summed E-state index contributed by atoms with van der Waals surface area (Å²) in [4.78, 5) is 0. The van der Waals surface area contributed by atoms with Gasteiger partial charge in [-0.25, -0.2) is 0 Å². The van der Waals surface area contributed by atoms with Gasteiger partial charge < -0.3 is 22.9 Å². The van der Waals surface area contributed by atoms with Gasteiger partial charge in [-0.05, 0) is 51.6 Å². The number of nitrogens with two attached hydrogens (primary N) is 4. The van der Waals surface area contributed by atoms with Crippen molar-refractivity contribution in [3.05, 3.63) is 0 Å². The summed E-state index contributed by atoms with van der Waals surface area (Å²) in [6.07, 6.45) is 19.8. The molecule has 0 saturated carbocycles. The summed E-state index contributed by atoms with van der Waals surface area (Å²) in [6.45, 7) is 1.65. The fourth-order valence-corrected chi connectivity index (χ4v) is 3.26. The first-order chi connectivity index (χ1) is 11.7. The number of rotatable bonds is 19. The lowest BCUT2D eigenvalue weighted by Gasteiger charge is -2.12. The second-order valence-corrected chi connectivity index (χ2v) is 7.49. The first kappa shape index (κ1) is 23.8. The molecule has 0 aromatic rings. The quantitative estimate of drug-likeness (QED) is 0.268. The van der Waals surface area contributed by atoms with Crippen LogP contribution in [0, 0.1) is 0 Å². The highest BCUT2D eigenvalue weighted by Gasteiger charge is 2.04. The van der Waals surface area contributed by atoms with E-state index in [4.69, 9.17) is 22.9 Å². The van der Waals surface area contributed by atoms with E-state index in [1.807, 2.05) is 0 Å². The Labute approximate surface area is 151 Å². The molecule has 0 aliphatic heterocycles. The minimum Gasteiger partial charge on any atom is -0.330 e. The monoisotopic (exact) mass is 342 g/mol. The van der Waals surface area contributed by atoms with Gasteiger partial charge in [0.05, 0.1) is 0 Å². The Hall–Kier alpha value is -0.160. The van der Waals surface area contributed by atoms with Gasteiger partial charge in [-0.1, -0.05) is 64.2 Å². The van der Waals surface area contributed by atoms with Crippen LogP contribution in [0.3, 0.4) is 0 Å². The molecule has 2 unspecified atom stereocenters. The second-order valence-electron chi connectivity index (χ2n) is 7.49. The molecular weight excluding hydrogens is 296 g/mol. The number of hydrogen-bond acceptors (Lipinski definition) is 4. The summed E-state index contributed by atoms with van der Waals surface area (Å²) in [5.74, 6) is 0. The Balaban J connectivity index is 3.25. The number of unbranched alkanes of at least 4 members (excludes halogenated alkanes) is 9. The third kappa shape index (κ3) is 18.2. The van der Waals surface area contributed by atoms with E-state index in [2.05, 4.69) is 0 Å². The van der Waals surface area contributed by atoms with Gasteiger partial charge in [-0.2, -0.15) is 0 Å². The van der Waals surface area contributed by atoms with E-state index in [1.54, 1.807) is 0 Å². The molecule has 2 atom stereocenters. The predicted molar refractivity (Wildman–Crippen MR) is 108 cm³/mol. The van der Waals surface area contributed by atoms with Crippen LogP contribution >= 0.6 is 0 Å². The van der Waals surface area contributed by atoms with Crippen molar-refractivity contribution in [2.75, 3.05) is 13.1 Å². The van der Waals surface area contributed by atoms with Crippen LogP contribution in [0.1, 0.15) is 103 Å². The van der Waals surface area contributed by atoms with Crippen molar-refractivity contribution < 1.29 is 0 Å². The van der Waals surface area contributed by atoms with Crippen LogP contribution in [0.15, 0.2) is 0 Å². The molecule has 0 rings (SSSR count). The van der Waals surface area contributed by atoms with E-state index < -0.39 is 0 Å². The van der Waals surface area contributed by atoms with Gasteiger partial charge in [-0.3, -0.25) is 0 Å². The molecule has 0 spiro atoms. The van der Waals surface area contributed by atoms with Gasteiger partial charge in [0.25, 0.3) is 0 Å². The third-order valence-electron chi connectivity index (χ3n) is 4.96. The molecule has 0 aromatic heterocycles. The van der Waals surface area contributed by atoms with E-state index in [1.165, 1.54) is 89.9 Å². The Morgan fingerprint density at radius 3 is 0.875 bits per heavy atom. The molecule has 8 N–H and O–H groups in total. The van der Waals surface area contributed by atoms with Gasteiger partial charge >= 0.3 is 0 Å². The van der Waals surface area contributed by atoms with Crippen molar-refractivity contribution in [1.82, 2.24) is 0 Å². The lowest BCUT2D eigenvalue weighted by molar-refractivity contribution is 0.467. The lowest BCUT2D eigenvalue weighted by Crippen LogP contribution is -2.20. The average Bonchev–Trinajstić information content (AvgIpc) is 2.57. The van der Waals surface area contributed by atoms with Gasteiger partial charge in [-0.15, -0.1) is 0 Å². The van der Waals surface area contributed by atoms with Gasteiger partial charge in [0, 0.05) is 12.1 Å². The van der Waals surface area contributed by atoms with Crippen LogP contribution in [0.5, 0.6) is 0 Å². The Morgan fingerprint density at radius 2 is 0.625 bits per heavy atom. The summed E-state index contributed by atoms with van der Waals surface area (Å²) in [5, 5.41) is 0. The molecule has 0 radical (unpaired) electrons. The molecule has 146 valence electrons. The lowest BCUT2D eigenvalue weighted by atomic mass is 9.99. The number of hydrogen-bond donors (Lipinski definition) is 4. The highest BCUT2D eigenvalue weighted by Crippen LogP contribution is 2.13. The first-order valence-corrected chi connectivity index (χ1v) is 10.6.